The summed E-state index contributed by atoms with van der Waals surface area (Å²) in [6.07, 6.45) is 1.87. The first kappa shape index (κ1) is 13.2. The molecule has 0 N–H and O–H groups in total. The van der Waals surface area contributed by atoms with Gasteiger partial charge < -0.3 is 9.30 Å². The lowest BCUT2D eigenvalue weighted by Crippen LogP contribution is -2.00. The average molecular weight is 282 g/mol. The summed E-state index contributed by atoms with van der Waals surface area (Å²) in [5, 5.41) is 11.7. The van der Waals surface area contributed by atoms with Crippen molar-refractivity contribution in [1.29, 1.82) is 0 Å². The standard InChI is InChI=1S/C16H14N2O3/c1-21-16-8-3-2-5-12(16)11-17-10-9-13-14(17)6-4-7-15(13)18(19)20/h2-10H,11H2,1H3. The Balaban J connectivity index is 2.06. The van der Waals surface area contributed by atoms with Crippen molar-refractivity contribution < 1.29 is 9.66 Å². The Morgan fingerprint density at radius 1 is 1.14 bits per heavy atom. The number of hydrogen-bond donors (Lipinski definition) is 0. The molecule has 5 nitrogen and oxygen atoms in total. The second kappa shape index (κ2) is 5.28. The van der Waals surface area contributed by atoms with Gasteiger partial charge in [0.05, 0.1) is 29.5 Å². The predicted molar refractivity (Wildman–Crippen MR) is 80.7 cm³/mol. The zero-order chi connectivity index (χ0) is 14.8. The van der Waals surface area contributed by atoms with Crippen molar-refractivity contribution in [3.05, 3.63) is 70.4 Å². The summed E-state index contributed by atoms with van der Waals surface area (Å²) in [6.45, 7) is 0.606. The predicted octanol–water partition coefficient (Wildman–Crippen LogP) is 3.61. The number of nitro groups is 1. The molecule has 21 heavy (non-hydrogen) atoms. The molecule has 3 rings (SSSR count). The fraction of sp³-hybridized carbons (Fsp3) is 0.125. The van der Waals surface area contributed by atoms with E-state index >= 15 is 0 Å². The van der Waals surface area contributed by atoms with Crippen LogP contribution in [-0.2, 0) is 6.54 Å². The van der Waals surface area contributed by atoms with Gasteiger partial charge in [0.2, 0.25) is 0 Å². The van der Waals surface area contributed by atoms with E-state index in [-0.39, 0.29) is 10.6 Å². The molecule has 0 aliphatic rings. The van der Waals surface area contributed by atoms with Crippen LogP contribution in [0.4, 0.5) is 5.69 Å². The Hall–Kier alpha value is -2.82. The summed E-state index contributed by atoms with van der Waals surface area (Å²) in [6, 6.07) is 14.7. The van der Waals surface area contributed by atoms with Crippen LogP contribution in [0.15, 0.2) is 54.7 Å². The molecule has 106 valence electrons. The number of nitro benzene ring substituents is 1. The first-order valence-electron chi connectivity index (χ1n) is 6.55. The summed E-state index contributed by atoms with van der Waals surface area (Å²) < 4.78 is 7.33. The molecule has 0 atom stereocenters. The summed E-state index contributed by atoms with van der Waals surface area (Å²) in [7, 11) is 1.64. The molecular weight excluding hydrogens is 268 g/mol. The molecule has 0 amide bonds. The minimum Gasteiger partial charge on any atom is -0.496 e. The highest BCUT2D eigenvalue weighted by Gasteiger charge is 2.14. The highest BCUT2D eigenvalue weighted by Crippen LogP contribution is 2.28. The fourth-order valence-corrected chi connectivity index (χ4v) is 2.52. The molecule has 0 saturated carbocycles. The molecule has 0 aliphatic carbocycles. The molecule has 0 fully saturated rings. The van der Waals surface area contributed by atoms with Crippen LogP contribution in [0.5, 0.6) is 5.75 Å². The van der Waals surface area contributed by atoms with E-state index in [9.17, 15) is 10.1 Å². The van der Waals surface area contributed by atoms with E-state index in [0.717, 1.165) is 16.8 Å². The van der Waals surface area contributed by atoms with E-state index in [2.05, 4.69) is 0 Å². The number of ether oxygens (including phenoxy) is 1. The minimum absolute atomic E-state index is 0.131. The third kappa shape index (κ3) is 2.33. The molecule has 0 bridgehead atoms. The van der Waals surface area contributed by atoms with Gasteiger partial charge in [0.1, 0.15) is 5.75 Å². The molecule has 1 aromatic heterocycles. The number of methoxy groups -OCH3 is 1. The van der Waals surface area contributed by atoms with Crippen molar-refractivity contribution >= 4 is 16.6 Å². The second-order valence-electron chi connectivity index (χ2n) is 4.72. The lowest BCUT2D eigenvalue weighted by atomic mass is 10.2. The Kier molecular flexibility index (Phi) is 3.31. The van der Waals surface area contributed by atoms with Crippen LogP contribution in [0.3, 0.4) is 0 Å². The SMILES string of the molecule is COc1ccccc1Cn1ccc2c([N+](=O)[O-])cccc21. The van der Waals surface area contributed by atoms with Crippen molar-refractivity contribution in [3.63, 3.8) is 0 Å². The molecule has 0 radical (unpaired) electrons. The maximum atomic E-state index is 11.1. The maximum Gasteiger partial charge on any atom is 0.278 e. The van der Waals surface area contributed by atoms with E-state index in [1.165, 1.54) is 6.07 Å². The van der Waals surface area contributed by atoms with E-state index < -0.39 is 0 Å². The number of non-ortho nitro benzene ring substituents is 1. The van der Waals surface area contributed by atoms with Gasteiger partial charge in [0, 0.05) is 17.8 Å². The third-order valence-corrected chi connectivity index (χ3v) is 3.52. The quantitative estimate of drug-likeness (QED) is 0.542. The van der Waals surface area contributed by atoms with Gasteiger partial charge in [0.15, 0.2) is 0 Å². The number of hydrogen-bond acceptors (Lipinski definition) is 3. The maximum absolute atomic E-state index is 11.1. The Morgan fingerprint density at radius 3 is 2.71 bits per heavy atom. The van der Waals surface area contributed by atoms with Gasteiger partial charge in [-0.05, 0) is 18.2 Å². The summed E-state index contributed by atoms with van der Waals surface area (Å²) >= 11 is 0. The second-order valence-corrected chi connectivity index (χ2v) is 4.72. The summed E-state index contributed by atoms with van der Waals surface area (Å²) in [4.78, 5) is 10.7. The number of benzene rings is 2. The van der Waals surface area contributed by atoms with Crippen LogP contribution >= 0.6 is 0 Å². The van der Waals surface area contributed by atoms with Crippen LogP contribution in [0.1, 0.15) is 5.56 Å². The molecule has 2 aromatic carbocycles. The van der Waals surface area contributed by atoms with Crippen LogP contribution in [-0.4, -0.2) is 16.6 Å². The van der Waals surface area contributed by atoms with Crippen LogP contribution in [0, 0.1) is 10.1 Å². The van der Waals surface area contributed by atoms with Gasteiger partial charge >= 0.3 is 0 Å². The normalized spacial score (nSPS) is 10.7. The van der Waals surface area contributed by atoms with Gasteiger partial charge in [-0.15, -0.1) is 0 Å². The number of rotatable bonds is 4. The van der Waals surface area contributed by atoms with Crippen molar-refractivity contribution in [2.45, 2.75) is 6.54 Å². The van der Waals surface area contributed by atoms with Gasteiger partial charge in [-0.25, -0.2) is 0 Å². The van der Waals surface area contributed by atoms with Crippen molar-refractivity contribution in [2.75, 3.05) is 7.11 Å². The fourth-order valence-electron chi connectivity index (χ4n) is 2.52. The van der Waals surface area contributed by atoms with E-state index in [4.69, 9.17) is 4.74 Å². The smallest absolute Gasteiger partial charge is 0.278 e. The highest BCUT2D eigenvalue weighted by molar-refractivity contribution is 5.89. The van der Waals surface area contributed by atoms with Crippen LogP contribution in [0.2, 0.25) is 0 Å². The van der Waals surface area contributed by atoms with Crippen molar-refractivity contribution in [3.8, 4) is 5.75 Å². The molecule has 0 saturated heterocycles. The lowest BCUT2D eigenvalue weighted by molar-refractivity contribution is -0.383. The number of fused-ring (bicyclic) bond motifs is 1. The monoisotopic (exact) mass is 282 g/mol. The van der Waals surface area contributed by atoms with E-state index in [1.807, 2.05) is 41.1 Å². The van der Waals surface area contributed by atoms with E-state index in [0.29, 0.717) is 11.9 Å². The molecule has 0 spiro atoms. The first-order valence-corrected chi connectivity index (χ1v) is 6.55. The van der Waals surface area contributed by atoms with Crippen molar-refractivity contribution in [1.82, 2.24) is 4.57 Å². The number of aromatic nitrogens is 1. The molecular formula is C16H14N2O3. The molecule has 3 aromatic rings. The topological polar surface area (TPSA) is 57.3 Å². The Morgan fingerprint density at radius 2 is 1.95 bits per heavy atom. The van der Waals surface area contributed by atoms with Gasteiger partial charge in [-0.3, -0.25) is 10.1 Å². The number of para-hydroxylation sites is 1. The first-order chi connectivity index (χ1) is 10.2. The zero-order valence-electron chi connectivity index (χ0n) is 11.5. The molecule has 0 unspecified atom stereocenters. The van der Waals surface area contributed by atoms with Crippen molar-refractivity contribution in [2.24, 2.45) is 0 Å². The Bertz CT molecular complexity index is 808. The minimum atomic E-state index is -0.351. The zero-order valence-corrected chi connectivity index (χ0v) is 11.5. The Labute approximate surface area is 121 Å². The summed E-state index contributed by atoms with van der Waals surface area (Å²) in [5.41, 5.74) is 2.00. The lowest BCUT2D eigenvalue weighted by Gasteiger charge is -2.10. The summed E-state index contributed by atoms with van der Waals surface area (Å²) in [5.74, 6) is 0.810. The largest absolute Gasteiger partial charge is 0.496 e. The van der Waals surface area contributed by atoms with Gasteiger partial charge in [-0.1, -0.05) is 24.3 Å². The van der Waals surface area contributed by atoms with Crippen LogP contribution in [0.25, 0.3) is 10.9 Å². The third-order valence-electron chi connectivity index (χ3n) is 3.52. The van der Waals surface area contributed by atoms with Gasteiger partial charge in [0.25, 0.3) is 5.69 Å². The molecule has 1 heterocycles. The highest BCUT2D eigenvalue weighted by atomic mass is 16.6. The van der Waals surface area contributed by atoms with Gasteiger partial charge in [-0.2, -0.15) is 0 Å². The van der Waals surface area contributed by atoms with Crippen LogP contribution < -0.4 is 4.74 Å². The average Bonchev–Trinajstić information content (AvgIpc) is 2.91. The number of nitrogens with zero attached hydrogens (tertiary/aromatic N) is 2. The molecule has 0 aliphatic heterocycles. The van der Waals surface area contributed by atoms with E-state index in [1.54, 1.807) is 19.2 Å². The molecule has 5 heteroatoms.